The Balaban J connectivity index is 1.67. The molecule has 0 aliphatic heterocycles. The first-order valence-corrected chi connectivity index (χ1v) is 11.4. The molecular weight excluding hydrogens is 424 g/mol. The topological polar surface area (TPSA) is 102 Å². The van der Waals surface area contributed by atoms with E-state index in [9.17, 15) is 9.59 Å². The quantitative estimate of drug-likeness (QED) is 0.506. The van der Waals surface area contributed by atoms with E-state index in [1.54, 1.807) is 12.3 Å². The third kappa shape index (κ3) is 5.73. The molecule has 0 unspecified atom stereocenters. The lowest BCUT2D eigenvalue weighted by Gasteiger charge is -2.21. The van der Waals surface area contributed by atoms with Gasteiger partial charge in [-0.25, -0.2) is 4.98 Å². The van der Waals surface area contributed by atoms with Gasteiger partial charge in [-0.1, -0.05) is 49.4 Å². The number of nitrogens with one attached hydrogen (secondary N) is 2. The van der Waals surface area contributed by atoms with Crippen LogP contribution >= 0.6 is 11.8 Å². The maximum absolute atomic E-state index is 12.8. The SMILES string of the molecule is Cc1cccc(C(=O)N[C@@H](c2nnc(SCC(=O)Nc3ncccc3C)n2C)C(C)C)c1. The number of rotatable bonds is 8. The van der Waals surface area contributed by atoms with Gasteiger partial charge in [0.25, 0.3) is 5.91 Å². The smallest absolute Gasteiger partial charge is 0.251 e. The summed E-state index contributed by atoms with van der Waals surface area (Å²) in [6, 6.07) is 10.9. The second-order valence-corrected chi connectivity index (χ2v) is 8.91. The van der Waals surface area contributed by atoms with Crippen LogP contribution in [0.2, 0.25) is 0 Å². The molecule has 0 saturated heterocycles. The highest BCUT2D eigenvalue weighted by molar-refractivity contribution is 7.99. The summed E-state index contributed by atoms with van der Waals surface area (Å²) in [7, 11) is 1.84. The highest BCUT2D eigenvalue weighted by Crippen LogP contribution is 2.24. The summed E-state index contributed by atoms with van der Waals surface area (Å²) in [4.78, 5) is 29.3. The Bertz CT molecular complexity index is 1110. The molecule has 0 saturated carbocycles. The summed E-state index contributed by atoms with van der Waals surface area (Å²) < 4.78 is 1.82. The van der Waals surface area contributed by atoms with E-state index in [-0.39, 0.29) is 29.5 Å². The van der Waals surface area contributed by atoms with E-state index in [0.717, 1.165) is 11.1 Å². The number of carbonyl (C=O) groups is 2. The summed E-state index contributed by atoms with van der Waals surface area (Å²) in [6.45, 7) is 7.88. The largest absolute Gasteiger partial charge is 0.342 e. The molecule has 1 atom stereocenters. The van der Waals surface area contributed by atoms with Gasteiger partial charge in [-0.15, -0.1) is 10.2 Å². The van der Waals surface area contributed by atoms with Crippen molar-refractivity contribution < 1.29 is 9.59 Å². The first kappa shape index (κ1) is 23.5. The number of benzene rings is 1. The van der Waals surface area contributed by atoms with Crippen LogP contribution in [0.15, 0.2) is 47.8 Å². The average molecular weight is 453 g/mol. The molecule has 168 valence electrons. The Morgan fingerprint density at radius 2 is 1.91 bits per heavy atom. The molecule has 0 fully saturated rings. The minimum atomic E-state index is -0.320. The summed E-state index contributed by atoms with van der Waals surface area (Å²) >= 11 is 1.28. The van der Waals surface area contributed by atoms with Crippen molar-refractivity contribution in [2.24, 2.45) is 13.0 Å². The van der Waals surface area contributed by atoms with Crippen molar-refractivity contribution in [2.45, 2.75) is 38.9 Å². The number of nitrogens with zero attached hydrogens (tertiary/aromatic N) is 4. The fraction of sp³-hybridized carbons (Fsp3) is 0.348. The molecule has 0 aliphatic rings. The van der Waals surface area contributed by atoms with Gasteiger partial charge in [0, 0.05) is 18.8 Å². The fourth-order valence-electron chi connectivity index (χ4n) is 3.18. The Morgan fingerprint density at radius 1 is 1.12 bits per heavy atom. The van der Waals surface area contributed by atoms with Gasteiger partial charge in [-0.2, -0.15) is 0 Å². The number of aromatic nitrogens is 4. The summed E-state index contributed by atoms with van der Waals surface area (Å²) in [5.41, 5.74) is 2.53. The molecule has 2 amide bonds. The molecule has 2 N–H and O–H groups in total. The third-order valence-electron chi connectivity index (χ3n) is 4.98. The predicted octanol–water partition coefficient (Wildman–Crippen LogP) is 3.68. The van der Waals surface area contributed by atoms with Crippen LogP contribution in [0.3, 0.4) is 0 Å². The Kier molecular flexibility index (Phi) is 7.63. The van der Waals surface area contributed by atoms with Crippen LogP contribution in [-0.2, 0) is 11.8 Å². The lowest BCUT2D eigenvalue weighted by Crippen LogP contribution is -2.33. The van der Waals surface area contributed by atoms with E-state index >= 15 is 0 Å². The Labute approximate surface area is 192 Å². The highest BCUT2D eigenvalue weighted by atomic mass is 32.2. The van der Waals surface area contributed by atoms with Crippen molar-refractivity contribution in [2.75, 3.05) is 11.1 Å². The van der Waals surface area contributed by atoms with Gasteiger partial charge in [-0.05, 0) is 43.5 Å². The maximum Gasteiger partial charge on any atom is 0.251 e. The van der Waals surface area contributed by atoms with Crippen LogP contribution in [0.1, 0.15) is 47.2 Å². The van der Waals surface area contributed by atoms with Gasteiger partial charge >= 0.3 is 0 Å². The minimum Gasteiger partial charge on any atom is -0.342 e. The van der Waals surface area contributed by atoms with E-state index in [0.29, 0.717) is 22.4 Å². The van der Waals surface area contributed by atoms with Crippen molar-refractivity contribution >= 4 is 29.4 Å². The van der Waals surface area contributed by atoms with Crippen molar-refractivity contribution in [1.82, 2.24) is 25.1 Å². The molecule has 8 nitrogen and oxygen atoms in total. The summed E-state index contributed by atoms with van der Waals surface area (Å²) in [6.07, 6.45) is 1.64. The zero-order valence-electron chi connectivity index (χ0n) is 18.9. The summed E-state index contributed by atoms with van der Waals surface area (Å²) in [5.74, 6) is 1.13. The first-order chi connectivity index (χ1) is 15.3. The van der Waals surface area contributed by atoms with Gasteiger partial charge in [0.2, 0.25) is 5.91 Å². The molecule has 0 spiro atoms. The molecule has 1 aromatic carbocycles. The molecule has 0 aliphatic carbocycles. The lowest BCUT2D eigenvalue weighted by atomic mass is 10.0. The standard InChI is InChI=1S/C23H28N6O2S/c1-14(2)19(26-22(31)17-10-6-8-15(3)12-17)21-27-28-23(29(21)5)32-13-18(30)25-20-16(4)9-7-11-24-20/h6-12,14,19H,13H2,1-5H3,(H,26,31)(H,24,25,30)/t19-/m1/s1. The van der Waals surface area contributed by atoms with Crippen LogP contribution in [0.5, 0.6) is 0 Å². The monoisotopic (exact) mass is 452 g/mol. The average Bonchev–Trinajstić information content (AvgIpc) is 3.11. The molecule has 3 rings (SSSR count). The molecule has 9 heteroatoms. The van der Waals surface area contributed by atoms with Gasteiger partial charge in [0.1, 0.15) is 5.82 Å². The lowest BCUT2D eigenvalue weighted by molar-refractivity contribution is -0.113. The number of aryl methyl sites for hydroxylation is 2. The van der Waals surface area contributed by atoms with Crippen molar-refractivity contribution in [3.05, 3.63) is 65.1 Å². The molecule has 0 bridgehead atoms. The minimum absolute atomic E-state index is 0.0972. The normalized spacial score (nSPS) is 11.9. The molecule has 3 aromatic rings. The molecule has 2 heterocycles. The van der Waals surface area contributed by atoms with Crippen LogP contribution in [0.25, 0.3) is 0 Å². The van der Waals surface area contributed by atoms with Gasteiger partial charge < -0.3 is 15.2 Å². The van der Waals surface area contributed by atoms with Crippen LogP contribution in [0.4, 0.5) is 5.82 Å². The third-order valence-corrected chi connectivity index (χ3v) is 6.00. The van der Waals surface area contributed by atoms with Gasteiger partial charge in [0.05, 0.1) is 11.8 Å². The summed E-state index contributed by atoms with van der Waals surface area (Å²) in [5, 5.41) is 15.0. The molecule has 2 aromatic heterocycles. The highest BCUT2D eigenvalue weighted by Gasteiger charge is 2.25. The number of anilines is 1. The fourth-order valence-corrected chi connectivity index (χ4v) is 3.90. The maximum atomic E-state index is 12.8. The zero-order chi connectivity index (χ0) is 23.3. The number of pyridine rings is 1. The van der Waals surface area contributed by atoms with Crippen molar-refractivity contribution in [3.63, 3.8) is 0 Å². The number of hydrogen-bond donors (Lipinski definition) is 2. The van der Waals surface area contributed by atoms with E-state index in [2.05, 4.69) is 25.8 Å². The van der Waals surface area contributed by atoms with Crippen LogP contribution in [-0.4, -0.2) is 37.3 Å². The van der Waals surface area contributed by atoms with Crippen molar-refractivity contribution in [3.8, 4) is 0 Å². The number of thioether (sulfide) groups is 1. The van der Waals surface area contributed by atoms with Crippen molar-refractivity contribution in [1.29, 1.82) is 0 Å². The molecule has 32 heavy (non-hydrogen) atoms. The number of carbonyl (C=O) groups excluding carboxylic acids is 2. The van der Waals surface area contributed by atoms with E-state index in [4.69, 9.17) is 0 Å². The van der Waals surface area contributed by atoms with E-state index < -0.39 is 0 Å². The van der Waals surface area contributed by atoms with E-state index in [1.165, 1.54) is 11.8 Å². The zero-order valence-corrected chi connectivity index (χ0v) is 19.7. The Hall–Kier alpha value is -3.20. The van der Waals surface area contributed by atoms with Gasteiger partial charge in [-0.3, -0.25) is 9.59 Å². The van der Waals surface area contributed by atoms with Crippen LogP contribution in [0, 0.1) is 19.8 Å². The first-order valence-electron chi connectivity index (χ1n) is 10.4. The Morgan fingerprint density at radius 3 is 2.59 bits per heavy atom. The van der Waals surface area contributed by atoms with E-state index in [1.807, 2.05) is 69.6 Å². The molecule has 0 radical (unpaired) electrons. The van der Waals surface area contributed by atoms with Crippen LogP contribution < -0.4 is 10.6 Å². The molecular formula is C23H28N6O2S. The second kappa shape index (κ2) is 10.4. The van der Waals surface area contributed by atoms with Gasteiger partial charge in [0.15, 0.2) is 11.0 Å². The predicted molar refractivity (Wildman–Crippen MR) is 126 cm³/mol. The number of hydrogen-bond acceptors (Lipinski definition) is 6. The number of amides is 2. The second-order valence-electron chi connectivity index (χ2n) is 7.97.